The lowest BCUT2D eigenvalue weighted by Gasteiger charge is -2.26. The van der Waals surface area contributed by atoms with Gasteiger partial charge in [0.2, 0.25) is 11.9 Å². The van der Waals surface area contributed by atoms with Gasteiger partial charge in [-0.15, -0.1) is 0 Å². The highest BCUT2D eigenvalue weighted by Gasteiger charge is 2.43. The van der Waals surface area contributed by atoms with Crippen LogP contribution in [0.2, 0.25) is 0 Å². The molecule has 1 atom stereocenters. The van der Waals surface area contributed by atoms with Crippen LogP contribution in [0.4, 0.5) is 5.95 Å². The number of carbonyl (C=O) groups excluding carboxylic acids is 3. The summed E-state index contributed by atoms with van der Waals surface area (Å²) in [6.45, 7) is 6.51. The van der Waals surface area contributed by atoms with E-state index in [2.05, 4.69) is 10.3 Å². The molecule has 0 radical (unpaired) electrons. The van der Waals surface area contributed by atoms with Crippen LogP contribution in [0.15, 0.2) is 48.5 Å². The third-order valence-electron chi connectivity index (χ3n) is 5.34. The van der Waals surface area contributed by atoms with Gasteiger partial charge in [0.1, 0.15) is 6.04 Å². The lowest BCUT2D eigenvalue weighted by Crippen LogP contribution is -2.48. The number of para-hydroxylation sites is 2. The van der Waals surface area contributed by atoms with E-state index in [0.717, 1.165) is 15.9 Å². The fraction of sp³-hybridized carbons (Fsp3) is 0.304. The first kappa shape index (κ1) is 19.8. The molecule has 1 aliphatic rings. The Balaban J connectivity index is 1.68. The molecule has 1 aliphatic heterocycles. The highest BCUT2D eigenvalue weighted by molar-refractivity contribution is 6.23. The summed E-state index contributed by atoms with van der Waals surface area (Å²) >= 11 is 0. The SMILES string of the molecule is CCn1c(NC(=O)C(CC(C)C)N2C(=O)c3ccccc3C2=O)nc2ccccc21. The second-order valence-electron chi connectivity index (χ2n) is 7.83. The number of nitrogens with one attached hydrogen (secondary N) is 1. The summed E-state index contributed by atoms with van der Waals surface area (Å²) in [5.41, 5.74) is 2.36. The van der Waals surface area contributed by atoms with E-state index >= 15 is 0 Å². The van der Waals surface area contributed by atoms with Crippen molar-refractivity contribution in [2.75, 3.05) is 5.32 Å². The summed E-state index contributed by atoms with van der Waals surface area (Å²) in [5.74, 6) is -0.756. The topological polar surface area (TPSA) is 84.3 Å². The molecule has 30 heavy (non-hydrogen) atoms. The van der Waals surface area contributed by atoms with E-state index in [1.807, 2.05) is 49.6 Å². The largest absolute Gasteiger partial charge is 0.310 e. The van der Waals surface area contributed by atoms with E-state index in [1.165, 1.54) is 0 Å². The van der Waals surface area contributed by atoms with Crippen LogP contribution in [-0.4, -0.2) is 38.2 Å². The van der Waals surface area contributed by atoms with Crippen LogP contribution in [0.3, 0.4) is 0 Å². The van der Waals surface area contributed by atoms with Crippen molar-refractivity contribution in [2.45, 2.75) is 39.8 Å². The molecule has 3 aromatic rings. The molecular formula is C23H24N4O3. The second kappa shape index (κ2) is 7.74. The highest BCUT2D eigenvalue weighted by Crippen LogP contribution is 2.28. The van der Waals surface area contributed by atoms with Crippen LogP contribution in [0.5, 0.6) is 0 Å². The van der Waals surface area contributed by atoms with Crippen molar-refractivity contribution in [3.63, 3.8) is 0 Å². The van der Waals surface area contributed by atoms with Gasteiger partial charge in [-0.25, -0.2) is 4.98 Å². The van der Waals surface area contributed by atoms with E-state index in [4.69, 9.17) is 0 Å². The van der Waals surface area contributed by atoms with Crippen LogP contribution in [0.1, 0.15) is 47.9 Å². The molecule has 0 saturated heterocycles. The summed E-state index contributed by atoms with van der Waals surface area (Å²) in [6, 6.07) is 13.4. The Morgan fingerprint density at radius 2 is 1.60 bits per heavy atom. The molecule has 0 aliphatic carbocycles. The average molecular weight is 404 g/mol. The molecular weight excluding hydrogens is 380 g/mol. The molecule has 1 unspecified atom stereocenters. The fourth-order valence-electron chi connectivity index (χ4n) is 3.95. The third kappa shape index (κ3) is 3.26. The highest BCUT2D eigenvalue weighted by atomic mass is 16.2. The van der Waals surface area contributed by atoms with Gasteiger partial charge < -0.3 is 4.57 Å². The van der Waals surface area contributed by atoms with Crippen molar-refractivity contribution in [3.8, 4) is 0 Å². The summed E-state index contributed by atoms with van der Waals surface area (Å²) in [7, 11) is 0. The van der Waals surface area contributed by atoms with E-state index < -0.39 is 23.8 Å². The number of hydrogen-bond donors (Lipinski definition) is 1. The number of fused-ring (bicyclic) bond motifs is 2. The quantitative estimate of drug-likeness (QED) is 0.635. The number of imide groups is 1. The Labute approximate surface area is 174 Å². The molecule has 2 aromatic carbocycles. The van der Waals surface area contributed by atoms with Gasteiger partial charge in [-0.2, -0.15) is 0 Å². The molecule has 7 heteroatoms. The third-order valence-corrected chi connectivity index (χ3v) is 5.34. The minimum atomic E-state index is -0.914. The maximum absolute atomic E-state index is 13.3. The molecule has 7 nitrogen and oxygen atoms in total. The number of aryl methyl sites for hydroxylation is 1. The maximum atomic E-state index is 13.3. The predicted octanol–water partition coefficient (Wildman–Crippen LogP) is 3.71. The molecule has 154 valence electrons. The van der Waals surface area contributed by atoms with E-state index in [1.54, 1.807) is 24.3 Å². The lowest BCUT2D eigenvalue weighted by molar-refractivity contribution is -0.120. The smallest absolute Gasteiger partial charge is 0.262 e. The normalized spacial score (nSPS) is 14.5. The molecule has 4 rings (SSSR count). The van der Waals surface area contributed by atoms with E-state index in [9.17, 15) is 14.4 Å². The number of hydrogen-bond acceptors (Lipinski definition) is 4. The summed E-state index contributed by atoms with van der Waals surface area (Å²) < 4.78 is 1.90. The number of nitrogens with zero attached hydrogens (tertiary/aromatic N) is 3. The first-order valence-electron chi connectivity index (χ1n) is 10.2. The van der Waals surface area contributed by atoms with Crippen molar-refractivity contribution in [2.24, 2.45) is 5.92 Å². The number of anilines is 1. The second-order valence-corrected chi connectivity index (χ2v) is 7.83. The first-order valence-corrected chi connectivity index (χ1v) is 10.2. The van der Waals surface area contributed by atoms with Gasteiger partial charge in [0, 0.05) is 6.54 Å². The monoisotopic (exact) mass is 404 g/mol. The Morgan fingerprint density at radius 1 is 1.00 bits per heavy atom. The minimum Gasteiger partial charge on any atom is -0.310 e. The van der Waals surface area contributed by atoms with Crippen molar-refractivity contribution in [3.05, 3.63) is 59.7 Å². The van der Waals surface area contributed by atoms with Crippen LogP contribution in [0, 0.1) is 5.92 Å². The van der Waals surface area contributed by atoms with Crippen molar-refractivity contribution in [1.29, 1.82) is 0 Å². The van der Waals surface area contributed by atoms with Gasteiger partial charge in [-0.1, -0.05) is 38.1 Å². The van der Waals surface area contributed by atoms with E-state index in [-0.39, 0.29) is 5.92 Å². The first-order chi connectivity index (χ1) is 14.4. The lowest BCUT2D eigenvalue weighted by atomic mass is 10.0. The molecule has 0 bridgehead atoms. The van der Waals surface area contributed by atoms with Crippen molar-refractivity contribution < 1.29 is 14.4 Å². The number of carbonyl (C=O) groups is 3. The maximum Gasteiger partial charge on any atom is 0.262 e. The summed E-state index contributed by atoms with van der Waals surface area (Å²) in [5, 5.41) is 2.87. The molecule has 0 spiro atoms. The Hall–Kier alpha value is -3.48. The van der Waals surface area contributed by atoms with Gasteiger partial charge in [0.05, 0.1) is 22.2 Å². The zero-order valence-electron chi connectivity index (χ0n) is 17.3. The van der Waals surface area contributed by atoms with Gasteiger partial charge in [-0.3, -0.25) is 24.6 Å². The van der Waals surface area contributed by atoms with Crippen molar-refractivity contribution >= 4 is 34.7 Å². The number of aromatic nitrogens is 2. The molecule has 0 fully saturated rings. The van der Waals surface area contributed by atoms with Crippen LogP contribution in [0.25, 0.3) is 11.0 Å². The van der Waals surface area contributed by atoms with E-state index in [0.29, 0.717) is 30.0 Å². The number of imidazole rings is 1. The Morgan fingerprint density at radius 3 is 2.20 bits per heavy atom. The fourth-order valence-corrected chi connectivity index (χ4v) is 3.95. The zero-order chi connectivity index (χ0) is 21.4. The average Bonchev–Trinajstić information content (AvgIpc) is 3.20. The summed E-state index contributed by atoms with van der Waals surface area (Å²) in [6.07, 6.45) is 0.365. The van der Waals surface area contributed by atoms with Crippen LogP contribution < -0.4 is 5.32 Å². The molecule has 3 amide bonds. The number of benzene rings is 2. The van der Waals surface area contributed by atoms with Gasteiger partial charge in [0.25, 0.3) is 11.8 Å². The molecule has 0 saturated carbocycles. The number of amides is 3. The van der Waals surface area contributed by atoms with Crippen LogP contribution in [-0.2, 0) is 11.3 Å². The molecule has 1 N–H and O–H groups in total. The molecule has 2 heterocycles. The number of rotatable bonds is 6. The van der Waals surface area contributed by atoms with Crippen molar-refractivity contribution in [1.82, 2.24) is 14.5 Å². The Bertz CT molecular complexity index is 1110. The zero-order valence-corrected chi connectivity index (χ0v) is 17.3. The standard InChI is InChI=1S/C23H24N4O3/c1-4-26-18-12-8-7-11-17(18)24-23(26)25-20(28)19(13-14(2)3)27-21(29)15-9-5-6-10-16(15)22(27)30/h5-12,14,19H,4,13H2,1-3H3,(H,24,25,28). The predicted molar refractivity (Wildman–Crippen MR) is 114 cm³/mol. The van der Waals surface area contributed by atoms with Gasteiger partial charge in [0.15, 0.2) is 0 Å². The molecule has 1 aromatic heterocycles. The minimum absolute atomic E-state index is 0.107. The Kier molecular flexibility index (Phi) is 5.11. The summed E-state index contributed by atoms with van der Waals surface area (Å²) in [4.78, 5) is 44.9. The van der Waals surface area contributed by atoms with Gasteiger partial charge >= 0.3 is 0 Å². The van der Waals surface area contributed by atoms with Crippen LogP contribution >= 0.6 is 0 Å². The van der Waals surface area contributed by atoms with Gasteiger partial charge in [-0.05, 0) is 43.5 Å².